The average Bonchev–Trinajstić information content (AvgIpc) is 2.67. The summed E-state index contributed by atoms with van der Waals surface area (Å²) in [6, 6.07) is 3.30. The van der Waals surface area contributed by atoms with Crippen LogP contribution in [0.15, 0.2) is 27.6 Å². The zero-order valence-electron chi connectivity index (χ0n) is 11.4. The molecule has 1 N–H and O–H groups in total. The first-order chi connectivity index (χ1) is 9.47. The highest BCUT2D eigenvalue weighted by atomic mass is 32.1. The highest BCUT2D eigenvalue weighted by Gasteiger charge is 2.16. The summed E-state index contributed by atoms with van der Waals surface area (Å²) in [7, 11) is 0. The molecule has 0 amide bonds. The van der Waals surface area contributed by atoms with Crippen molar-refractivity contribution in [1.29, 1.82) is 0 Å². The number of phenols is 1. The van der Waals surface area contributed by atoms with Gasteiger partial charge in [0.25, 0.3) is 0 Å². The van der Waals surface area contributed by atoms with Crippen molar-refractivity contribution in [3.8, 4) is 16.2 Å². The maximum atomic E-state index is 12.6. The minimum absolute atomic E-state index is 0.0468. The van der Waals surface area contributed by atoms with Gasteiger partial charge in [-0.05, 0) is 38.5 Å². The van der Waals surface area contributed by atoms with Gasteiger partial charge in [-0.1, -0.05) is 0 Å². The molecule has 102 valence electrons. The molecule has 0 spiro atoms. The van der Waals surface area contributed by atoms with E-state index < -0.39 is 0 Å². The Balaban J connectivity index is 2.37. The van der Waals surface area contributed by atoms with E-state index in [2.05, 4.69) is 4.98 Å². The van der Waals surface area contributed by atoms with Crippen LogP contribution in [0.4, 0.5) is 0 Å². The summed E-state index contributed by atoms with van der Waals surface area (Å²) in [5.41, 5.74) is 2.26. The molecule has 0 radical (unpaired) electrons. The number of aromatic hydroxyl groups is 1. The summed E-state index contributed by atoms with van der Waals surface area (Å²) in [4.78, 5) is 17.7. The Morgan fingerprint density at radius 1 is 1.25 bits per heavy atom. The van der Waals surface area contributed by atoms with Gasteiger partial charge >= 0.3 is 0 Å². The van der Waals surface area contributed by atoms with Crippen LogP contribution in [0.3, 0.4) is 0 Å². The summed E-state index contributed by atoms with van der Waals surface area (Å²) in [6.07, 6.45) is 1.45. The summed E-state index contributed by atoms with van der Waals surface area (Å²) in [6.45, 7) is 5.59. The van der Waals surface area contributed by atoms with E-state index in [9.17, 15) is 9.90 Å². The van der Waals surface area contributed by atoms with Crippen molar-refractivity contribution >= 4 is 22.3 Å². The number of aromatic nitrogens is 1. The molecule has 4 nitrogen and oxygen atoms in total. The third-order valence-electron chi connectivity index (χ3n) is 3.15. The largest absolute Gasteiger partial charge is 0.507 e. The second-order valence-electron chi connectivity index (χ2n) is 4.78. The molecule has 0 unspecified atom stereocenters. The van der Waals surface area contributed by atoms with Crippen molar-refractivity contribution in [2.24, 2.45) is 0 Å². The predicted molar refractivity (Wildman–Crippen MR) is 79.5 cm³/mol. The van der Waals surface area contributed by atoms with Crippen LogP contribution in [-0.4, -0.2) is 10.1 Å². The molecular weight excluding hydrogens is 274 g/mol. The van der Waals surface area contributed by atoms with E-state index in [1.165, 1.54) is 17.6 Å². The van der Waals surface area contributed by atoms with Gasteiger partial charge in [-0.25, -0.2) is 4.98 Å². The van der Waals surface area contributed by atoms with Gasteiger partial charge in [0.05, 0.1) is 21.1 Å². The lowest BCUT2D eigenvalue weighted by Crippen LogP contribution is -2.05. The summed E-state index contributed by atoms with van der Waals surface area (Å²) in [5, 5.41) is 11.1. The summed E-state index contributed by atoms with van der Waals surface area (Å²) < 4.78 is 5.52. The van der Waals surface area contributed by atoms with E-state index in [-0.39, 0.29) is 16.6 Å². The number of thiazole rings is 1. The Morgan fingerprint density at radius 3 is 2.65 bits per heavy atom. The summed E-state index contributed by atoms with van der Waals surface area (Å²) >= 11 is 1.45. The van der Waals surface area contributed by atoms with Gasteiger partial charge in [-0.2, -0.15) is 0 Å². The van der Waals surface area contributed by atoms with E-state index in [1.54, 1.807) is 12.1 Å². The number of hydrogen-bond acceptors (Lipinski definition) is 5. The maximum Gasteiger partial charge on any atom is 0.205 e. The third-order valence-corrected chi connectivity index (χ3v) is 4.26. The van der Waals surface area contributed by atoms with Gasteiger partial charge in [-0.15, -0.1) is 11.3 Å². The number of phenolic OH excluding ortho intramolecular Hbond substituents is 1. The number of rotatable bonds is 1. The molecule has 2 heterocycles. The Kier molecular flexibility index (Phi) is 2.87. The van der Waals surface area contributed by atoms with Crippen LogP contribution in [-0.2, 0) is 0 Å². The van der Waals surface area contributed by atoms with E-state index >= 15 is 0 Å². The van der Waals surface area contributed by atoms with Gasteiger partial charge in [0, 0.05) is 0 Å². The lowest BCUT2D eigenvalue weighted by Gasteiger charge is -2.04. The molecule has 20 heavy (non-hydrogen) atoms. The number of hydrogen-bond donors (Lipinski definition) is 1. The van der Waals surface area contributed by atoms with Crippen LogP contribution in [0.1, 0.15) is 16.3 Å². The minimum Gasteiger partial charge on any atom is -0.507 e. The lowest BCUT2D eigenvalue weighted by atomic mass is 10.1. The molecule has 3 rings (SSSR count). The van der Waals surface area contributed by atoms with Crippen molar-refractivity contribution in [3.63, 3.8) is 0 Å². The number of fused-ring (bicyclic) bond motifs is 1. The van der Waals surface area contributed by atoms with Crippen LogP contribution in [0.25, 0.3) is 21.4 Å². The van der Waals surface area contributed by atoms with Gasteiger partial charge in [0.1, 0.15) is 23.0 Å². The van der Waals surface area contributed by atoms with Crippen molar-refractivity contribution in [3.05, 3.63) is 44.9 Å². The lowest BCUT2D eigenvalue weighted by molar-refractivity contribution is 0.479. The molecule has 0 bridgehead atoms. The van der Waals surface area contributed by atoms with Gasteiger partial charge in [-0.3, -0.25) is 4.79 Å². The molecule has 0 aliphatic carbocycles. The monoisotopic (exact) mass is 287 g/mol. The quantitative estimate of drug-likeness (QED) is 0.743. The molecule has 0 saturated heterocycles. The Morgan fingerprint density at radius 2 is 2.00 bits per heavy atom. The molecule has 0 aliphatic rings. The standard InChI is InChI=1S/C15H13NO3S/c1-7-4-11(17)13-12(5-7)19-6-10(14(13)18)15-8(2)16-9(3)20-15/h4-6,17H,1-3H3. The van der Waals surface area contributed by atoms with Crippen molar-refractivity contribution in [2.45, 2.75) is 20.8 Å². The molecule has 0 fully saturated rings. The van der Waals surface area contributed by atoms with Crippen molar-refractivity contribution in [1.82, 2.24) is 4.98 Å². The minimum atomic E-state index is -0.226. The highest BCUT2D eigenvalue weighted by Crippen LogP contribution is 2.31. The van der Waals surface area contributed by atoms with E-state index in [4.69, 9.17) is 4.42 Å². The SMILES string of the molecule is Cc1cc(O)c2c(=O)c(-c3sc(C)nc3C)coc2c1. The molecule has 1 aromatic carbocycles. The zero-order valence-corrected chi connectivity index (χ0v) is 12.2. The van der Waals surface area contributed by atoms with Crippen LogP contribution < -0.4 is 5.43 Å². The van der Waals surface area contributed by atoms with Crippen LogP contribution in [0.2, 0.25) is 0 Å². The first kappa shape index (κ1) is 12.9. The Hall–Kier alpha value is -2.14. The molecule has 0 atom stereocenters. The number of benzene rings is 1. The van der Waals surface area contributed by atoms with E-state index in [0.29, 0.717) is 11.1 Å². The fraction of sp³-hybridized carbons (Fsp3) is 0.200. The molecule has 0 saturated carbocycles. The topological polar surface area (TPSA) is 63.3 Å². The third kappa shape index (κ3) is 1.91. The van der Waals surface area contributed by atoms with Crippen molar-refractivity contribution in [2.75, 3.05) is 0 Å². The number of nitrogens with zero attached hydrogens (tertiary/aromatic N) is 1. The average molecular weight is 287 g/mol. The first-order valence-electron chi connectivity index (χ1n) is 6.17. The highest BCUT2D eigenvalue weighted by molar-refractivity contribution is 7.15. The first-order valence-corrected chi connectivity index (χ1v) is 6.98. The van der Waals surface area contributed by atoms with Gasteiger partial charge in [0.15, 0.2) is 0 Å². The van der Waals surface area contributed by atoms with E-state index in [1.807, 2.05) is 20.8 Å². The van der Waals surface area contributed by atoms with Gasteiger partial charge < -0.3 is 9.52 Å². The maximum absolute atomic E-state index is 12.6. The molecule has 0 aliphatic heterocycles. The molecule has 3 aromatic rings. The summed E-state index contributed by atoms with van der Waals surface area (Å²) in [5.74, 6) is -0.0468. The molecule has 2 aromatic heterocycles. The van der Waals surface area contributed by atoms with Gasteiger partial charge in [0.2, 0.25) is 5.43 Å². The van der Waals surface area contributed by atoms with Crippen molar-refractivity contribution < 1.29 is 9.52 Å². The fourth-order valence-electron chi connectivity index (χ4n) is 2.30. The Labute approximate surface area is 119 Å². The smallest absolute Gasteiger partial charge is 0.205 e. The molecular formula is C15H13NO3S. The Bertz CT molecular complexity index is 877. The van der Waals surface area contributed by atoms with Crippen LogP contribution >= 0.6 is 11.3 Å². The predicted octanol–water partition coefficient (Wildman–Crippen LogP) is 3.55. The second-order valence-corrected chi connectivity index (χ2v) is 5.99. The van der Waals surface area contributed by atoms with Crippen LogP contribution in [0, 0.1) is 20.8 Å². The zero-order chi connectivity index (χ0) is 14.4. The fourth-order valence-corrected chi connectivity index (χ4v) is 3.23. The second kappa shape index (κ2) is 4.45. The molecule has 5 heteroatoms. The van der Waals surface area contributed by atoms with Crippen LogP contribution in [0.5, 0.6) is 5.75 Å². The number of aryl methyl sites for hydroxylation is 3. The normalized spacial score (nSPS) is 11.2. The van der Waals surface area contributed by atoms with E-state index in [0.717, 1.165) is 21.1 Å².